The highest BCUT2D eigenvalue weighted by atomic mass is 19.1. The van der Waals surface area contributed by atoms with Crippen molar-refractivity contribution in [1.29, 1.82) is 0 Å². The van der Waals surface area contributed by atoms with Crippen LogP contribution in [0.25, 0.3) is 22.6 Å². The molecular formula is C18H12FN3. The quantitative estimate of drug-likeness (QED) is 0.682. The van der Waals surface area contributed by atoms with Gasteiger partial charge in [-0.3, -0.25) is 4.99 Å². The minimum absolute atomic E-state index is 0.319. The zero-order valence-electron chi connectivity index (χ0n) is 11.7. The van der Waals surface area contributed by atoms with Crippen LogP contribution in [0, 0.1) is 5.82 Å². The molecule has 0 fully saturated rings. The SMILES string of the molecule is Fc1ccccc1-c1ncc2c(n1)-c1ccccc1C=NC2. The Labute approximate surface area is 127 Å². The van der Waals surface area contributed by atoms with Crippen molar-refractivity contribution in [2.45, 2.75) is 6.54 Å². The number of hydrogen-bond donors (Lipinski definition) is 0. The summed E-state index contributed by atoms with van der Waals surface area (Å²) in [4.78, 5) is 13.3. The maximum Gasteiger partial charge on any atom is 0.162 e. The van der Waals surface area contributed by atoms with Crippen LogP contribution in [0.2, 0.25) is 0 Å². The van der Waals surface area contributed by atoms with Crippen LogP contribution in [0.4, 0.5) is 4.39 Å². The summed E-state index contributed by atoms with van der Waals surface area (Å²) in [7, 11) is 0. The molecule has 0 N–H and O–H groups in total. The van der Waals surface area contributed by atoms with Crippen molar-refractivity contribution < 1.29 is 4.39 Å². The van der Waals surface area contributed by atoms with Crippen molar-refractivity contribution in [3.63, 3.8) is 0 Å². The molecule has 1 aliphatic rings. The van der Waals surface area contributed by atoms with Crippen molar-refractivity contribution in [3.05, 3.63) is 71.7 Å². The number of aromatic nitrogens is 2. The Bertz CT molecular complexity index is 887. The fourth-order valence-electron chi connectivity index (χ4n) is 2.60. The van der Waals surface area contributed by atoms with Gasteiger partial charge < -0.3 is 0 Å². The molecule has 0 bridgehead atoms. The maximum atomic E-state index is 14.0. The average molecular weight is 289 g/mol. The van der Waals surface area contributed by atoms with Crippen LogP contribution in [0.15, 0.2) is 59.7 Å². The van der Waals surface area contributed by atoms with E-state index in [1.165, 1.54) is 6.07 Å². The van der Waals surface area contributed by atoms with Crippen LogP contribution in [-0.4, -0.2) is 16.2 Å². The van der Waals surface area contributed by atoms with E-state index in [1.54, 1.807) is 24.4 Å². The van der Waals surface area contributed by atoms with Gasteiger partial charge in [-0.05, 0) is 12.1 Å². The van der Waals surface area contributed by atoms with Gasteiger partial charge in [0.1, 0.15) is 5.82 Å². The van der Waals surface area contributed by atoms with Crippen LogP contribution in [0.1, 0.15) is 11.1 Å². The van der Waals surface area contributed by atoms with Crippen molar-refractivity contribution in [2.75, 3.05) is 0 Å². The lowest BCUT2D eigenvalue weighted by molar-refractivity contribution is 0.630. The van der Waals surface area contributed by atoms with E-state index in [0.717, 1.165) is 22.4 Å². The monoisotopic (exact) mass is 289 g/mol. The highest BCUT2D eigenvalue weighted by molar-refractivity contribution is 5.91. The molecule has 0 radical (unpaired) electrons. The topological polar surface area (TPSA) is 38.1 Å². The second-order valence-electron chi connectivity index (χ2n) is 5.10. The summed E-state index contributed by atoms with van der Waals surface area (Å²) in [5.74, 6) is 0.0779. The molecular weight excluding hydrogens is 277 g/mol. The van der Waals surface area contributed by atoms with Crippen molar-refractivity contribution in [3.8, 4) is 22.6 Å². The first-order valence-electron chi connectivity index (χ1n) is 7.03. The van der Waals surface area contributed by atoms with Gasteiger partial charge >= 0.3 is 0 Å². The van der Waals surface area contributed by atoms with Crippen molar-refractivity contribution in [1.82, 2.24) is 9.97 Å². The Kier molecular flexibility index (Phi) is 3.00. The summed E-state index contributed by atoms with van der Waals surface area (Å²) < 4.78 is 14.0. The Morgan fingerprint density at radius 2 is 1.68 bits per heavy atom. The molecule has 0 spiro atoms. The highest BCUT2D eigenvalue weighted by Crippen LogP contribution is 2.29. The van der Waals surface area contributed by atoms with Gasteiger partial charge in [0.05, 0.1) is 17.8 Å². The van der Waals surface area contributed by atoms with Crippen LogP contribution in [-0.2, 0) is 6.54 Å². The minimum atomic E-state index is -0.319. The van der Waals surface area contributed by atoms with Crippen molar-refractivity contribution in [2.24, 2.45) is 4.99 Å². The fraction of sp³-hybridized carbons (Fsp3) is 0.0556. The average Bonchev–Trinajstić information content (AvgIpc) is 2.74. The molecule has 22 heavy (non-hydrogen) atoms. The van der Waals surface area contributed by atoms with E-state index in [-0.39, 0.29) is 5.82 Å². The number of fused-ring (bicyclic) bond motifs is 3. The lowest BCUT2D eigenvalue weighted by Crippen LogP contribution is -1.99. The third kappa shape index (κ3) is 2.09. The predicted octanol–water partition coefficient (Wildman–Crippen LogP) is 3.88. The second kappa shape index (κ2) is 5.15. The zero-order chi connectivity index (χ0) is 14.9. The van der Waals surface area contributed by atoms with E-state index in [9.17, 15) is 4.39 Å². The summed E-state index contributed by atoms with van der Waals surface area (Å²) in [5, 5.41) is 0. The number of nitrogens with zero attached hydrogens (tertiary/aromatic N) is 3. The van der Waals surface area contributed by atoms with Gasteiger partial charge in [-0.1, -0.05) is 36.4 Å². The maximum absolute atomic E-state index is 14.0. The third-order valence-corrected chi connectivity index (χ3v) is 3.69. The molecule has 2 aromatic carbocycles. The Balaban J connectivity index is 1.94. The highest BCUT2D eigenvalue weighted by Gasteiger charge is 2.16. The molecule has 3 nitrogen and oxygen atoms in total. The normalized spacial score (nSPS) is 12.4. The number of rotatable bonds is 1. The summed E-state index contributed by atoms with van der Waals surface area (Å²) in [6.45, 7) is 0.529. The van der Waals surface area contributed by atoms with Crippen LogP contribution in [0.3, 0.4) is 0 Å². The molecule has 0 atom stereocenters. The molecule has 0 unspecified atom stereocenters. The summed E-state index contributed by atoms with van der Waals surface area (Å²) >= 11 is 0. The molecule has 0 saturated carbocycles. The number of aliphatic imine (C=N–C) groups is 1. The largest absolute Gasteiger partial charge is 0.288 e. The van der Waals surface area contributed by atoms with Gasteiger partial charge in [-0.25, -0.2) is 14.4 Å². The Morgan fingerprint density at radius 3 is 2.55 bits per heavy atom. The van der Waals surface area contributed by atoms with Crippen molar-refractivity contribution >= 4 is 6.21 Å². The summed E-state index contributed by atoms with van der Waals surface area (Å²) in [5.41, 5.74) is 4.19. The molecule has 4 rings (SSSR count). The van der Waals surface area contributed by atoms with Gasteiger partial charge in [-0.2, -0.15) is 0 Å². The molecule has 0 aliphatic carbocycles. The molecule has 3 aromatic rings. The van der Waals surface area contributed by atoms with E-state index in [0.29, 0.717) is 17.9 Å². The van der Waals surface area contributed by atoms with Gasteiger partial charge in [-0.15, -0.1) is 0 Å². The van der Waals surface area contributed by atoms with E-state index in [2.05, 4.69) is 15.0 Å². The van der Waals surface area contributed by atoms with E-state index < -0.39 is 0 Å². The molecule has 1 aliphatic heterocycles. The van der Waals surface area contributed by atoms with Crippen LogP contribution >= 0.6 is 0 Å². The standard InChI is InChI=1S/C18H12FN3/c19-16-8-4-3-7-15(16)18-21-11-13-10-20-9-12-5-1-2-6-14(12)17(13)22-18/h1-9,11H,10H2. The fourth-order valence-corrected chi connectivity index (χ4v) is 2.60. The molecule has 0 amide bonds. The van der Waals surface area contributed by atoms with E-state index >= 15 is 0 Å². The van der Waals surface area contributed by atoms with Gasteiger partial charge in [0.15, 0.2) is 5.82 Å². The first-order chi connectivity index (χ1) is 10.8. The van der Waals surface area contributed by atoms with Gasteiger partial charge in [0.25, 0.3) is 0 Å². The van der Waals surface area contributed by atoms with Crippen LogP contribution in [0.5, 0.6) is 0 Å². The number of hydrogen-bond acceptors (Lipinski definition) is 3. The third-order valence-electron chi connectivity index (χ3n) is 3.69. The molecule has 4 heteroatoms. The molecule has 106 valence electrons. The van der Waals surface area contributed by atoms with E-state index in [4.69, 9.17) is 0 Å². The molecule has 1 aromatic heterocycles. The first kappa shape index (κ1) is 12.8. The van der Waals surface area contributed by atoms with Gasteiger partial charge in [0, 0.05) is 29.1 Å². The lowest BCUT2D eigenvalue weighted by Gasteiger charge is -2.09. The van der Waals surface area contributed by atoms with Crippen LogP contribution < -0.4 is 0 Å². The Hall–Kier alpha value is -2.88. The second-order valence-corrected chi connectivity index (χ2v) is 5.10. The lowest BCUT2D eigenvalue weighted by atomic mass is 10.0. The molecule has 2 heterocycles. The molecule has 0 saturated heterocycles. The number of halogens is 1. The van der Waals surface area contributed by atoms with Gasteiger partial charge in [0.2, 0.25) is 0 Å². The zero-order valence-corrected chi connectivity index (χ0v) is 11.7. The predicted molar refractivity (Wildman–Crippen MR) is 84.2 cm³/mol. The van der Waals surface area contributed by atoms with E-state index in [1.807, 2.05) is 30.5 Å². The summed E-state index contributed by atoms with van der Waals surface area (Å²) in [6.07, 6.45) is 3.59. The summed E-state index contributed by atoms with van der Waals surface area (Å²) in [6, 6.07) is 14.5. The first-order valence-corrected chi connectivity index (χ1v) is 7.03. The Morgan fingerprint density at radius 1 is 0.909 bits per heavy atom. The minimum Gasteiger partial charge on any atom is -0.288 e. The smallest absolute Gasteiger partial charge is 0.162 e. The number of benzene rings is 2.